The van der Waals surface area contributed by atoms with Crippen LogP contribution in [0.2, 0.25) is 0 Å². The number of hydrogen-bond acceptors (Lipinski definition) is 6. The molecule has 0 radical (unpaired) electrons. The fraction of sp³-hybridized carbons (Fsp3) is 0.333. The summed E-state index contributed by atoms with van der Waals surface area (Å²) in [5, 5.41) is 12.2. The highest BCUT2D eigenvalue weighted by molar-refractivity contribution is 7.90. The predicted octanol–water partition coefficient (Wildman–Crippen LogP) is 2.23. The number of ketones is 1. The standard InChI is InChI=1S/C24H25NO6S/c1-32(29,30)11-9-20(24(27)28)25-10-8-15-6-7-19-17(12-15)14-31-23(19)22-18-5-3-2-4-16(18)13-21(22)26/h2-7,12,20,25H,8-11,13-14H2,1H3,(H,27,28)/b23-22+. The number of sulfone groups is 1. The van der Waals surface area contributed by atoms with Crippen molar-refractivity contribution in [3.8, 4) is 0 Å². The van der Waals surface area contributed by atoms with Gasteiger partial charge in [-0.05, 0) is 36.1 Å². The molecule has 32 heavy (non-hydrogen) atoms. The molecule has 1 atom stereocenters. The fourth-order valence-electron chi connectivity index (χ4n) is 4.19. The number of fused-ring (bicyclic) bond motifs is 2. The zero-order chi connectivity index (χ0) is 22.9. The summed E-state index contributed by atoms with van der Waals surface area (Å²) < 4.78 is 28.6. The molecular weight excluding hydrogens is 430 g/mol. The molecule has 1 heterocycles. The van der Waals surface area contributed by atoms with E-state index in [4.69, 9.17) is 4.74 Å². The van der Waals surface area contributed by atoms with Crippen LogP contribution in [0.1, 0.15) is 34.2 Å². The number of nitrogens with one attached hydrogen (secondary N) is 1. The molecule has 0 bridgehead atoms. The maximum absolute atomic E-state index is 12.6. The predicted molar refractivity (Wildman–Crippen MR) is 121 cm³/mol. The molecule has 168 valence electrons. The van der Waals surface area contributed by atoms with Crippen molar-refractivity contribution in [2.75, 3.05) is 18.6 Å². The molecule has 1 aliphatic heterocycles. The van der Waals surface area contributed by atoms with Crippen LogP contribution in [0, 0.1) is 0 Å². The highest BCUT2D eigenvalue weighted by Gasteiger charge is 2.32. The lowest BCUT2D eigenvalue weighted by Crippen LogP contribution is -2.39. The van der Waals surface area contributed by atoms with Crippen molar-refractivity contribution in [3.63, 3.8) is 0 Å². The maximum Gasteiger partial charge on any atom is 0.320 e. The van der Waals surface area contributed by atoms with Gasteiger partial charge in [0.1, 0.15) is 28.2 Å². The maximum atomic E-state index is 12.6. The van der Waals surface area contributed by atoms with Crippen LogP contribution in [-0.2, 0) is 43.6 Å². The highest BCUT2D eigenvalue weighted by atomic mass is 32.2. The second-order valence-electron chi connectivity index (χ2n) is 8.25. The van der Waals surface area contributed by atoms with E-state index in [1.54, 1.807) is 0 Å². The van der Waals surface area contributed by atoms with Gasteiger partial charge in [0, 0.05) is 23.8 Å². The van der Waals surface area contributed by atoms with Gasteiger partial charge < -0.3 is 15.2 Å². The van der Waals surface area contributed by atoms with Crippen LogP contribution < -0.4 is 5.32 Å². The van der Waals surface area contributed by atoms with E-state index < -0.39 is 21.8 Å². The third-order valence-electron chi connectivity index (χ3n) is 5.81. The number of benzene rings is 2. The largest absolute Gasteiger partial charge is 0.487 e. The Bertz CT molecular complexity index is 1210. The number of carbonyl (C=O) groups is 2. The Morgan fingerprint density at radius 3 is 2.69 bits per heavy atom. The van der Waals surface area contributed by atoms with Gasteiger partial charge in [0.25, 0.3) is 0 Å². The Balaban J connectivity index is 1.46. The monoisotopic (exact) mass is 455 g/mol. The Morgan fingerprint density at radius 2 is 1.94 bits per heavy atom. The second-order valence-corrected chi connectivity index (χ2v) is 10.5. The summed E-state index contributed by atoms with van der Waals surface area (Å²) in [5.74, 6) is -0.539. The molecule has 0 fully saturated rings. The molecule has 8 heteroatoms. The van der Waals surface area contributed by atoms with Gasteiger partial charge in [-0.2, -0.15) is 0 Å². The molecule has 0 spiro atoms. The molecular formula is C24H25NO6S. The molecule has 0 amide bonds. The minimum absolute atomic E-state index is 0.0264. The van der Waals surface area contributed by atoms with Crippen LogP contribution in [0.15, 0.2) is 42.5 Å². The zero-order valence-electron chi connectivity index (χ0n) is 17.8. The van der Waals surface area contributed by atoms with Crippen molar-refractivity contribution in [2.45, 2.75) is 31.9 Å². The van der Waals surface area contributed by atoms with E-state index in [2.05, 4.69) is 5.32 Å². The van der Waals surface area contributed by atoms with E-state index in [0.717, 1.165) is 34.1 Å². The third kappa shape index (κ3) is 4.76. The number of hydrogen-bond donors (Lipinski definition) is 2. The molecule has 2 aromatic carbocycles. The Kier molecular flexibility index (Phi) is 6.17. The topological polar surface area (TPSA) is 110 Å². The molecule has 0 saturated heterocycles. The number of Topliss-reactive ketones (excluding diaryl/α,β-unsaturated/α-hetero) is 1. The minimum Gasteiger partial charge on any atom is -0.487 e. The second kappa shape index (κ2) is 8.88. The average Bonchev–Trinajstić information content (AvgIpc) is 3.28. The van der Waals surface area contributed by atoms with Crippen molar-refractivity contribution < 1.29 is 27.9 Å². The van der Waals surface area contributed by atoms with Crippen LogP contribution in [-0.4, -0.2) is 49.9 Å². The molecule has 1 unspecified atom stereocenters. The highest BCUT2D eigenvalue weighted by Crippen LogP contribution is 2.40. The summed E-state index contributed by atoms with van der Waals surface area (Å²) in [7, 11) is -3.22. The molecule has 1 aliphatic carbocycles. The van der Waals surface area contributed by atoms with Crippen molar-refractivity contribution in [1.82, 2.24) is 5.32 Å². The summed E-state index contributed by atoms with van der Waals surface area (Å²) in [6, 6.07) is 12.8. The van der Waals surface area contributed by atoms with Gasteiger partial charge in [-0.1, -0.05) is 42.5 Å². The summed E-state index contributed by atoms with van der Waals surface area (Å²) in [6.45, 7) is 0.789. The first-order valence-electron chi connectivity index (χ1n) is 10.5. The normalized spacial score (nSPS) is 18.2. The number of carbonyl (C=O) groups excluding carboxylic acids is 1. The first kappa shape index (κ1) is 22.2. The summed E-state index contributed by atoms with van der Waals surface area (Å²) in [6.07, 6.45) is 2.10. The zero-order valence-corrected chi connectivity index (χ0v) is 18.6. The van der Waals surface area contributed by atoms with E-state index in [-0.39, 0.29) is 18.0 Å². The van der Waals surface area contributed by atoms with Gasteiger partial charge in [0.05, 0.1) is 11.3 Å². The van der Waals surface area contributed by atoms with Gasteiger partial charge in [0.2, 0.25) is 0 Å². The van der Waals surface area contributed by atoms with Gasteiger partial charge in [0.15, 0.2) is 5.78 Å². The van der Waals surface area contributed by atoms with Crippen molar-refractivity contribution >= 4 is 32.9 Å². The number of aliphatic carboxylic acids is 1. The number of rotatable bonds is 8. The Labute approximate surface area is 187 Å². The van der Waals surface area contributed by atoms with Crippen molar-refractivity contribution in [2.24, 2.45) is 0 Å². The summed E-state index contributed by atoms with van der Waals surface area (Å²) >= 11 is 0. The molecule has 0 aromatic heterocycles. The third-order valence-corrected chi connectivity index (χ3v) is 6.79. The first-order chi connectivity index (χ1) is 15.2. The minimum atomic E-state index is -3.22. The van der Waals surface area contributed by atoms with Crippen LogP contribution in [0.5, 0.6) is 0 Å². The molecule has 2 aromatic rings. The van der Waals surface area contributed by atoms with Gasteiger partial charge in [-0.15, -0.1) is 0 Å². The summed E-state index contributed by atoms with van der Waals surface area (Å²) in [5.41, 5.74) is 5.51. The Hall–Kier alpha value is -2.97. The molecule has 2 N–H and O–H groups in total. The van der Waals surface area contributed by atoms with E-state index in [1.165, 1.54) is 0 Å². The van der Waals surface area contributed by atoms with Crippen molar-refractivity contribution in [3.05, 3.63) is 70.3 Å². The first-order valence-corrected chi connectivity index (χ1v) is 12.5. The molecule has 4 rings (SSSR count). The van der Waals surface area contributed by atoms with Crippen molar-refractivity contribution in [1.29, 1.82) is 0 Å². The van der Waals surface area contributed by atoms with E-state index in [9.17, 15) is 23.1 Å². The van der Waals surface area contributed by atoms with Crippen LogP contribution >= 0.6 is 0 Å². The molecule has 0 saturated carbocycles. The van der Waals surface area contributed by atoms with Gasteiger partial charge in [-0.3, -0.25) is 9.59 Å². The summed E-state index contributed by atoms with van der Waals surface area (Å²) in [4.78, 5) is 24.0. The van der Waals surface area contributed by atoms with E-state index in [0.29, 0.717) is 37.3 Å². The van der Waals surface area contributed by atoms with E-state index in [1.807, 2.05) is 42.5 Å². The quantitative estimate of drug-likeness (QED) is 0.588. The van der Waals surface area contributed by atoms with E-state index >= 15 is 0 Å². The fourth-order valence-corrected chi connectivity index (χ4v) is 4.86. The van der Waals surface area contributed by atoms with Gasteiger partial charge in [-0.25, -0.2) is 8.42 Å². The Morgan fingerprint density at radius 1 is 1.16 bits per heavy atom. The molecule has 7 nitrogen and oxygen atoms in total. The van der Waals surface area contributed by atoms with Gasteiger partial charge >= 0.3 is 5.97 Å². The lowest BCUT2D eigenvalue weighted by Gasteiger charge is -2.14. The lowest BCUT2D eigenvalue weighted by molar-refractivity contribution is -0.139. The number of carboxylic acids is 1. The molecule has 2 aliphatic rings. The average molecular weight is 456 g/mol. The van der Waals surface area contributed by atoms with Crippen LogP contribution in [0.4, 0.5) is 0 Å². The van der Waals surface area contributed by atoms with Crippen LogP contribution in [0.25, 0.3) is 11.3 Å². The number of carboxylic acid groups (broad SMARTS) is 1. The number of ether oxygens (including phenoxy) is 1. The number of allylic oxidation sites excluding steroid dienone is 1. The van der Waals surface area contributed by atoms with Crippen LogP contribution in [0.3, 0.4) is 0 Å². The smallest absolute Gasteiger partial charge is 0.320 e. The SMILES string of the molecule is CS(=O)(=O)CCC(NCCc1ccc2c(c1)CO/C2=C1/C(=O)Cc2ccccc21)C(=O)O. The lowest BCUT2D eigenvalue weighted by atomic mass is 9.98.